The Labute approximate surface area is 66.4 Å². The van der Waals surface area contributed by atoms with Crippen LogP contribution in [0.3, 0.4) is 0 Å². The van der Waals surface area contributed by atoms with Gasteiger partial charge in [-0.3, -0.25) is 0 Å². The number of hydrogen-bond acceptors (Lipinski definition) is 3. The van der Waals surface area contributed by atoms with Crippen molar-refractivity contribution in [3.63, 3.8) is 0 Å². The third-order valence-electron chi connectivity index (χ3n) is 1.57. The van der Waals surface area contributed by atoms with Gasteiger partial charge in [0.25, 0.3) is 0 Å². The SMILES string of the molecule is COC(C)c1ccnc(C)n1. The van der Waals surface area contributed by atoms with Crippen LogP contribution in [0.1, 0.15) is 24.5 Å². The standard InChI is InChI=1S/C8H12N2O/c1-6(11-3)8-4-5-9-7(2)10-8/h4-6H,1-3H3. The molecule has 3 nitrogen and oxygen atoms in total. The van der Waals surface area contributed by atoms with E-state index in [-0.39, 0.29) is 6.10 Å². The molecule has 1 atom stereocenters. The lowest BCUT2D eigenvalue weighted by Crippen LogP contribution is -2.00. The molecule has 0 aromatic carbocycles. The molecule has 0 spiro atoms. The molecule has 0 aliphatic rings. The van der Waals surface area contributed by atoms with Gasteiger partial charge in [-0.25, -0.2) is 9.97 Å². The van der Waals surface area contributed by atoms with Crippen LogP contribution in [0.15, 0.2) is 12.3 Å². The molecule has 1 aromatic rings. The van der Waals surface area contributed by atoms with Gasteiger partial charge in [0, 0.05) is 13.3 Å². The van der Waals surface area contributed by atoms with E-state index in [1.807, 2.05) is 19.9 Å². The first kappa shape index (κ1) is 8.14. The van der Waals surface area contributed by atoms with Crippen molar-refractivity contribution in [2.75, 3.05) is 7.11 Å². The Balaban J connectivity index is 2.86. The van der Waals surface area contributed by atoms with Gasteiger partial charge in [-0.2, -0.15) is 0 Å². The number of aryl methyl sites for hydroxylation is 1. The number of rotatable bonds is 2. The summed E-state index contributed by atoms with van der Waals surface area (Å²) in [7, 11) is 1.67. The predicted molar refractivity (Wildman–Crippen MR) is 42.2 cm³/mol. The van der Waals surface area contributed by atoms with E-state index in [0.717, 1.165) is 11.5 Å². The van der Waals surface area contributed by atoms with Gasteiger partial charge in [0.15, 0.2) is 0 Å². The second kappa shape index (κ2) is 3.44. The fourth-order valence-corrected chi connectivity index (χ4v) is 0.822. The first-order valence-electron chi connectivity index (χ1n) is 3.56. The Bertz CT molecular complexity index is 237. The average molecular weight is 152 g/mol. The van der Waals surface area contributed by atoms with Gasteiger partial charge in [-0.1, -0.05) is 0 Å². The third kappa shape index (κ3) is 1.98. The van der Waals surface area contributed by atoms with Crippen LogP contribution in [0, 0.1) is 6.92 Å². The summed E-state index contributed by atoms with van der Waals surface area (Å²) in [5.74, 6) is 0.784. The summed E-state index contributed by atoms with van der Waals surface area (Å²) in [4.78, 5) is 8.20. The van der Waals surface area contributed by atoms with Crippen LogP contribution in [0.2, 0.25) is 0 Å². The smallest absolute Gasteiger partial charge is 0.125 e. The van der Waals surface area contributed by atoms with Crippen LogP contribution in [0.25, 0.3) is 0 Å². The number of hydrogen-bond donors (Lipinski definition) is 0. The van der Waals surface area contributed by atoms with Crippen LogP contribution in [0.5, 0.6) is 0 Å². The van der Waals surface area contributed by atoms with Crippen LogP contribution < -0.4 is 0 Å². The summed E-state index contributed by atoms with van der Waals surface area (Å²) in [6.45, 7) is 3.83. The van der Waals surface area contributed by atoms with Gasteiger partial charge < -0.3 is 4.74 Å². The molecule has 0 amide bonds. The Morgan fingerprint density at radius 3 is 2.82 bits per heavy atom. The van der Waals surface area contributed by atoms with E-state index in [9.17, 15) is 0 Å². The Morgan fingerprint density at radius 1 is 1.55 bits per heavy atom. The number of methoxy groups -OCH3 is 1. The largest absolute Gasteiger partial charge is 0.375 e. The van der Waals surface area contributed by atoms with Crippen molar-refractivity contribution in [2.45, 2.75) is 20.0 Å². The van der Waals surface area contributed by atoms with Gasteiger partial charge in [0.05, 0.1) is 11.8 Å². The van der Waals surface area contributed by atoms with Crippen LogP contribution in [-0.4, -0.2) is 17.1 Å². The van der Waals surface area contributed by atoms with Gasteiger partial charge in [-0.15, -0.1) is 0 Å². The van der Waals surface area contributed by atoms with Crippen molar-refractivity contribution in [3.05, 3.63) is 23.8 Å². The van der Waals surface area contributed by atoms with Crippen molar-refractivity contribution < 1.29 is 4.74 Å². The Hall–Kier alpha value is -0.960. The summed E-state index contributed by atoms with van der Waals surface area (Å²) >= 11 is 0. The molecule has 60 valence electrons. The molecule has 1 aromatic heterocycles. The van der Waals surface area contributed by atoms with Crippen molar-refractivity contribution >= 4 is 0 Å². The molecule has 11 heavy (non-hydrogen) atoms. The number of nitrogens with zero attached hydrogens (tertiary/aromatic N) is 2. The van der Waals surface area contributed by atoms with E-state index < -0.39 is 0 Å². The van der Waals surface area contributed by atoms with Gasteiger partial charge in [-0.05, 0) is 19.9 Å². The number of aromatic nitrogens is 2. The van der Waals surface area contributed by atoms with Gasteiger partial charge >= 0.3 is 0 Å². The van der Waals surface area contributed by atoms with E-state index in [4.69, 9.17) is 4.74 Å². The molecule has 0 radical (unpaired) electrons. The lowest BCUT2D eigenvalue weighted by Gasteiger charge is -2.07. The molecule has 1 rings (SSSR count). The van der Waals surface area contributed by atoms with Crippen LogP contribution in [-0.2, 0) is 4.74 Å². The molecule has 0 bridgehead atoms. The van der Waals surface area contributed by atoms with Crippen molar-refractivity contribution in [2.24, 2.45) is 0 Å². The van der Waals surface area contributed by atoms with Crippen LogP contribution >= 0.6 is 0 Å². The first-order chi connectivity index (χ1) is 5.24. The van der Waals surface area contributed by atoms with E-state index >= 15 is 0 Å². The van der Waals surface area contributed by atoms with Gasteiger partial charge in [0.1, 0.15) is 5.82 Å². The molecule has 0 saturated heterocycles. The molecule has 0 aliphatic carbocycles. The van der Waals surface area contributed by atoms with E-state index in [2.05, 4.69) is 9.97 Å². The molecule has 1 heterocycles. The molecular formula is C8H12N2O. The van der Waals surface area contributed by atoms with Crippen molar-refractivity contribution in [3.8, 4) is 0 Å². The van der Waals surface area contributed by atoms with E-state index in [1.54, 1.807) is 13.3 Å². The maximum Gasteiger partial charge on any atom is 0.125 e. The molecule has 1 unspecified atom stereocenters. The Kier molecular flexibility index (Phi) is 2.54. The zero-order valence-corrected chi connectivity index (χ0v) is 7.03. The zero-order chi connectivity index (χ0) is 8.27. The van der Waals surface area contributed by atoms with Crippen molar-refractivity contribution in [1.82, 2.24) is 9.97 Å². The quantitative estimate of drug-likeness (QED) is 0.644. The lowest BCUT2D eigenvalue weighted by atomic mass is 10.3. The fourth-order valence-electron chi connectivity index (χ4n) is 0.822. The summed E-state index contributed by atoms with van der Waals surface area (Å²) < 4.78 is 5.10. The summed E-state index contributed by atoms with van der Waals surface area (Å²) in [6.07, 6.45) is 1.80. The minimum absolute atomic E-state index is 0.0525. The molecular weight excluding hydrogens is 140 g/mol. The molecule has 0 N–H and O–H groups in total. The number of ether oxygens (including phenoxy) is 1. The van der Waals surface area contributed by atoms with E-state index in [1.165, 1.54) is 0 Å². The highest BCUT2D eigenvalue weighted by atomic mass is 16.5. The predicted octanol–water partition coefficient (Wildman–Crippen LogP) is 1.49. The fraction of sp³-hybridized carbons (Fsp3) is 0.500. The summed E-state index contributed by atoms with van der Waals surface area (Å²) in [5, 5.41) is 0. The van der Waals surface area contributed by atoms with Crippen LogP contribution in [0.4, 0.5) is 0 Å². The monoisotopic (exact) mass is 152 g/mol. The highest BCUT2D eigenvalue weighted by Gasteiger charge is 2.03. The second-order valence-electron chi connectivity index (χ2n) is 2.41. The molecule has 0 fully saturated rings. The zero-order valence-electron chi connectivity index (χ0n) is 7.03. The molecule has 0 aliphatic heterocycles. The lowest BCUT2D eigenvalue weighted by molar-refractivity contribution is 0.115. The highest BCUT2D eigenvalue weighted by molar-refractivity contribution is 5.04. The minimum atomic E-state index is 0.0525. The summed E-state index contributed by atoms with van der Waals surface area (Å²) in [5.41, 5.74) is 0.931. The Morgan fingerprint density at radius 2 is 2.27 bits per heavy atom. The maximum atomic E-state index is 5.10. The highest BCUT2D eigenvalue weighted by Crippen LogP contribution is 2.11. The normalized spacial score (nSPS) is 13.0. The second-order valence-corrected chi connectivity index (χ2v) is 2.41. The average Bonchev–Trinajstić information content (AvgIpc) is 2.03. The van der Waals surface area contributed by atoms with E-state index in [0.29, 0.717) is 0 Å². The van der Waals surface area contributed by atoms with Gasteiger partial charge in [0.2, 0.25) is 0 Å². The third-order valence-corrected chi connectivity index (χ3v) is 1.57. The first-order valence-corrected chi connectivity index (χ1v) is 3.56. The summed E-state index contributed by atoms with van der Waals surface area (Å²) in [6, 6.07) is 1.86. The van der Waals surface area contributed by atoms with Crippen molar-refractivity contribution in [1.29, 1.82) is 0 Å². The molecule has 0 saturated carbocycles. The maximum absolute atomic E-state index is 5.10. The minimum Gasteiger partial charge on any atom is -0.375 e. The topological polar surface area (TPSA) is 35.0 Å². The molecule has 3 heteroatoms.